The van der Waals surface area contributed by atoms with Crippen LogP contribution in [0, 0.1) is 23.7 Å². The number of rotatable bonds is 3. The molecule has 2 aromatic rings. The van der Waals surface area contributed by atoms with Crippen LogP contribution < -0.4 is 0 Å². The monoisotopic (exact) mass is 341 g/mol. The minimum atomic E-state index is 0.221. The molecule has 4 aliphatic rings. The highest BCUT2D eigenvalue weighted by atomic mass is 35.5. The van der Waals surface area contributed by atoms with Gasteiger partial charge in [0.25, 0.3) is 0 Å². The van der Waals surface area contributed by atoms with E-state index in [0.717, 1.165) is 40.9 Å². The molecule has 1 aromatic heterocycles. The minimum Gasteiger partial charge on any atom is -0.321 e. The van der Waals surface area contributed by atoms with Crippen molar-refractivity contribution in [2.45, 2.75) is 43.9 Å². The third-order valence-electron chi connectivity index (χ3n) is 7.23. The normalized spacial score (nSPS) is 37.1. The van der Waals surface area contributed by atoms with E-state index in [1.54, 1.807) is 0 Å². The second-order valence-electron chi connectivity index (χ2n) is 8.39. The molecule has 0 aliphatic heterocycles. The number of halogens is 1. The lowest BCUT2D eigenvalue weighted by Gasteiger charge is -2.61. The summed E-state index contributed by atoms with van der Waals surface area (Å²) in [7, 11) is 2.07. The topological polar surface area (TPSA) is 30.7 Å². The van der Waals surface area contributed by atoms with E-state index in [4.69, 9.17) is 11.6 Å². The lowest BCUT2D eigenvalue weighted by molar-refractivity contribution is -0.0621. The van der Waals surface area contributed by atoms with E-state index in [2.05, 4.69) is 46.1 Å². The maximum absolute atomic E-state index is 6.19. The Morgan fingerprint density at radius 2 is 1.67 bits per heavy atom. The van der Waals surface area contributed by atoms with E-state index in [9.17, 15) is 0 Å². The molecule has 3 nitrogen and oxygen atoms in total. The first-order valence-corrected chi connectivity index (χ1v) is 9.62. The number of aromatic nitrogens is 3. The van der Waals surface area contributed by atoms with Crippen LogP contribution in [0.3, 0.4) is 0 Å². The van der Waals surface area contributed by atoms with Gasteiger partial charge in [0, 0.05) is 23.9 Å². The smallest absolute Gasteiger partial charge is 0.133 e. The van der Waals surface area contributed by atoms with Crippen molar-refractivity contribution in [3.63, 3.8) is 0 Å². The lowest BCUT2D eigenvalue weighted by Crippen LogP contribution is -2.56. The predicted octanol–water partition coefficient (Wildman–Crippen LogP) is 4.41. The van der Waals surface area contributed by atoms with Crippen LogP contribution >= 0.6 is 11.6 Å². The van der Waals surface area contributed by atoms with Gasteiger partial charge in [0.1, 0.15) is 12.2 Å². The molecular weight excluding hydrogens is 318 g/mol. The van der Waals surface area contributed by atoms with Crippen LogP contribution in [0.2, 0.25) is 5.02 Å². The van der Waals surface area contributed by atoms with E-state index < -0.39 is 0 Å². The van der Waals surface area contributed by atoms with E-state index in [1.807, 2.05) is 6.33 Å². The van der Waals surface area contributed by atoms with Crippen LogP contribution in [0.5, 0.6) is 0 Å². The molecule has 4 heteroatoms. The summed E-state index contributed by atoms with van der Waals surface area (Å²) in [6, 6.07) is 8.70. The summed E-state index contributed by atoms with van der Waals surface area (Å²) >= 11 is 6.19. The Labute approximate surface area is 148 Å². The average Bonchev–Trinajstić information content (AvgIpc) is 2.96. The minimum absolute atomic E-state index is 0.221. The molecule has 4 fully saturated rings. The molecule has 0 atom stereocenters. The Kier molecular flexibility index (Phi) is 3.31. The van der Waals surface area contributed by atoms with Crippen molar-refractivity contribution < 1.29 is 0 Å². The zero-order valence-electron chi connectivity index (χ0n) is 14.2. The van der Waals surface area contributed by atoms with Crippen molar-refractivity contribution in [1.29, 1.82) is 0 Å². The van der Waals surface area contributed by atoms with Gasteiger partial charge < -0.3 is 4.57 Å². The molecule has 4 aliphatic carbocycles. The molecule has 4 saturated carbocycles. The maximum atomic E-state index is 6.19. The van der Waals surface area contributed by atoms with Gasteiger partial charge in [0.05, 0.1) is 0 Å². The van der Waals surface area contributed by atoms with Crippen molar-refractivity contribution in [2.24, 2.45) is 30.7 Å². The second-order valence-corrected chi connectivity index (χ2v) is 8.82. The number of aryl methyl sites for hydroxylation is 1. The number of hydrogen-bond donors (Lipinski definition) is 0. The van der Waals surface area contributed by atoms with Crippen LogP contribution in [0.4, 0.5) is 0 Å². The zero-order valence-corrected chi connectivity index (χ0v) is 14.9. The number of hydrogen-bond acceptors (Lipinski definition) is 2. The van der Waals surface area contributed by atoms with Gasteiger partial charge in [-0.3, -0.25) is 0 Å². The summed E-state index contributed by atoms with van der Waals surface area (Å²) in [5.74, 6) is 4.62. The van der Waals surface area contributed by atoms with Crippen molar-refractivity contribution in [3.05, 3.63) is 47.0 Å². The average molecular weight is 342 g/mol. The summed E-state index contributed by atoms with van der Waals surface area (Å²) in [6.07, 6.45) is 9.91. The molecule has 0 radical (unpaired) electrons. The Hall–Kier alpha value is -1.35. The number of nitrogens with zero attached hydrogens (tertiary/aromatic N) is 3. The van der Waals surface area contributed by atoms with Gasteiger partial charge in [-0.05, 0) is 73.5 Å². The largest absolute Gasteiger partial charge is 0.321 e. The quantitative estimate of drug-likeness (QED) is 0.828. The van der Waals surface area contributed by atoms with Gasteiger partial charge in [0.2, 0.25) is 0 Å². The van der Waals surface area contributed by atoms with E-state index in [1.165, 1.54) is 37.7 Å². The summed E-state index contributed by atoms with van der Waals surface area (Å²) in [6.45, 7) is 0. The van der Waals surface area contributed by atoms with Crippen molar-refractivity contribution in [2.75, 3.05) is 0 Å². The van der Waals surface area contributed by atoms with Gasteiger partial charge in [0.15, 0.2) is 0 Å². The van der Waals surface area contributed by atoms with Crippen LogP contribution in [-0.2, 0) is 18.9 Å². The first-order valence-electron chi connectivity index (χ1n) is 9.24. The fourth-order valence-corrected chi connectivity index (χ4v) is 6.50. The van der Waals surface area contributed by atoms with Gasteiger partial charge >= 0.3 is 0 Å². The van der Waals surface area contributed by atoms with Gasteiger partial charge in [-0.25, -0.2) is 0 Å². The Morgan fingerprint density at radius 1 is 1.04 bits per heavy atom. The predicted molar refractivity (Wildman–Crippen MR) is 94.9 cm³/mol. The van der Waals surface area contributed by atoms with E-state index >= 15 is 0 Å². The molecule has 1 aromatic carbocycles. The lowest BCUT2D eigenvalue weighted by atomic mass is 9.43. The van der Waals surface area contributed by atoms with E-state index in [-0.39, 0.29) is 5.41 Å². The molecule has 126 valence electrons. The summed E-state index contributed by atoms with van der Waals surface area (Å²) in [4.78, 5) is 0. The Morgan fingerprint density at radius 3 is 2.21 bits per heavy atom. The fourth-order valence-electron chi connectivity index (χ4n) is 6.38. The summed E-state index contributed by atoms with van der Waals surface area (Å²) in [5, 5.41) is 9.41. The van der Waals surface area contributed by atoms with Crippen LogP contribution in [0.25, 0.3) is 0 Å². The Bertz CT molecular complexity index is 720. The van der Waals surface area contributed by atoms with Gasteiger partial charge in [-0.15, -0.1) is 10.2 Å². The zero-order chi connectivity index (χ0) is 16.3. The molecule has 0 spiro atoms. The van der Waals surface area contributed by atoms with Crippen molar-refractivity contribution >= 4 is 11.6 Å². The molecule has 24 heavy (non-hydrogen) atoms. The van der Waals surface area contributed by atoms with Crippen LogP contribution in [0.1, 0.15) is 43.5 Å². The van der Waals surface area contributed by atoms with Gasteiger partial charge in [-0.2, -0.15) is 0 Å². The molecule has 0 amide bonds. The van der Waals surface area contributed by atoms with Crippen LogP contribution in [0.15, 0.2) is 30.6 Å². The molecule has 1 heterocycles. The first kappa shape index (κ1) is 14.9. The third-order valence-corrected chi connectivity index (χ3v) is 7.48. The Balaban J connectivity index is 1.63. The standard InChI is InChI=1S/C20H24ClN3/c1-24-12-22-23-19(24)11-20(15-2-4-18(21)5-3-15)16-7-13-6-14(9-16)10-17(20)8-13/h2-5,12-14,16-17H,6-11H2,1H3. The summed E-state index contributed by atoms with van der Waals surface area (Å²) in [5.41, 5.74) is 1.70. The van der Waals surface area contributed by atoms with Crippen molar-refractivity contribution in [1.82, 2.24) is 14.8 Å². The highest BCUT2D eigenvalue weighted by Gasteiger charge is 2.58. The SMILES string of the molecule is Cn1cnnc1CC1(c2ccc(Cl)cc2)C2CC3CC(C2)CC1C3. The highest BCUT2D eigenvalue weighted by Crippen LogP contribution is 2.63. The maximum Gasteiger partial charge on any atom is 0.133 e. The first-order chi connectivity index (χ1) is 11.6. The third kappa shape index (κ3) is 2.10. The van der Waals surface area contributed by atoms with Crippen molar-refractivity contribution in [3.8, 4) is 0 Å². The molecule has 0 saturated heterocycles. The van der Waals surface area contributed by atoms with E-state index in [0.29, 0.717) is 0 Å². The van der Waals surface area contributed by atoms with Crippen LogP contribution in [-0.4, -0.2) is 14.8 Å². The molecule has 0 unspecified atom stereocenters. The molecular formula is C20H24ClN3. The summed E-state index contributed by atoms with van der Waals surface area (Å²) < 4.78 is 2.10. The van der Waals surface area contributed by atoms with Gasteiger partial charge in [-0.1, -0.05) is 23.7 Å². The highest BCUT2D eigenvalue weighted by molar-refractivity contribution is 6.30. The molecule has 0 N–H and O–H groups in total. The fraction of sp³-hybridized carbons (Fsp3) is 0.600. The molecule has 4 bridgehead atoms. The second kappa shape index (κ2) is 5.32. The molecule has 6 rings (SSSR count). The number of benzene rings is 1.